The number of nitrogens with zero attached hydrogens (tertiary/aromatic N) is 4. The monoisotopic (exact) mass is 406 g/mol. The average Bonchev–Trinajstić information content (AvgIpc) is 2.68. The van der Waals surface area contributed by atoms with E-state index in [1.165, 1.54) is 0 Å². The van der Waals surface area contributed by atoms with Gasteiger partial charge in [-0.15, -0.1) is 0 Å². The van der Waals surface area contributed by atoms with E-state index in [1.54, 1.807) is 18.0 Å². The number of aromatic nitrogens is 2. The van der Waals surface area contributed by atoms with E-state index in [0.717, 1.165) is 18.9 Å². The van der Waals surface area contributed by atoms with Crippen LogP contribution in [0.1, 0.15) is 18.8 Å². The topological polar surface area (TPSA) is 105 Å². The first-order valence-electron chi connectivity index (χ1n) is 8.51. The third-order valence-corrected chi connectivity index (χ3v) is 4.07. The number of hydrogen-bond acceptors (Lipinski definition) is 7. The maximum absolute atomic E-state index is 11.8. The molecule has 2 fully saturated rings. The number of alkyl halides is 3. The number of aliphatic carboxylic acids is 1. The van der Waals surface area contributed by atoms with Crippen molar-refractivity contribution >= 4 is 17.7 Å². The summed E-state index contributed by atoms with van der Waals surface area (Å²) in [5.74, 6) is -1.19. The predicted molar refractivity (Wildman–Crippen MR) is 89.7 cm³/mol. The minimum absolute atomic E-state index is 0.0312. The van der Waals surface area contributed by atoms with E-state index in [-0.39, 0.29) is 11.9 Å². The van der Waals surface area contributed by atoms with E-state index >= 15 is 0 Å². The van der Waals surface area contributed by atoms with Gasteiger partial charge in [0.15, 0.2) is 5.82 Å². The number of ether oxygens (including phenoxy) is 2. The molecule has 1 aromatic rings. The second kappa shape index (κ2) is 9.64. The Bertz CT molecular complexity index is 682. The Kier molecular flexibility index (Phi) is 7.52. The highest BCUT2D eigenvalue weighted by atomic mass is 19.4. The van der Waals surface area contributed by atoms with Gasteiger partial charge in [0, 0.05) is 32.8 Å². The van der Waals surface area contributed by atoms with Crippen LogP contribution in [0.3, 0.4) is 0 Å². The molecule has 0 bridgehead atoms. The number of carbonyl (C=O) groups excluding carboxylic acids is 1. The molecule has 156 valence electrons. The van der Waals surface area contributed by atoms with Gasteiger partial charge in [0.25, 0.3) is 0 Å². The molecule has 28 heavy (non-hydrogen) atoms. The van der Waals surface area contributed by atoms with Crippen LogP contribution in [0.4, 0.5) is 19.0 Å². The van der Waals surface area contributed by atoms with Crippen molar-refractivity contribution < 1.29 is 37.3 Å². The molecular weight excluding hydrogens is 385 g/mol. The van der Waals surface area contributed by atoms with Gasteiger partial charge in [0.1, 0.15) is 11.9 Å². The lowest BCUT2D eigenvalue weighted by molar-refractivity contribution is -0.192. The maximum atomic E-state index is 11.8. The number of morpholine rings is 2. The smallest absolute Gasteiger partial charge is 0.475 e. The SMILES string of the molecule is CC(=O)N1CCOCC1c1nccc(N2CCOCC2)n1.O=C(O)C(F)(F)F. The van der Waals surface area contributed by atoms with E-state index in [9.17, 15) is 18.0 Å². The Morgan fingerprint density at radius 1 is 1.18 bits per heavy atom. The molecule has 12 heteroatoms. The summed E-state index contributed by atoms with van der Waals surface area (Å²) < 4.78 is 42.6. The lowest BCUT2D eigenvalue weighted by atomic mass is 10.2. The summed E-state index contributed by atoms with van der Waals surface area (Å²) in [6.07, 6.45) is -3.33. The molecule has 0 aliphatic carbocycles. The number of amides is 1. The Morgan fingerprint density at radius 2 is 1.79 bits per heavy atom. The molecule has 1 unspecified atom stereocenters. The third kappa shape index (κ3) is 6.02. The van der Waals surface area contributed by atoms with Crippen molar-refractivity contribution in [1.82, 2.24) is 14.9 Å². The first-order valence-corrected chi connectivity index (χ1v) is 8.51. The van der Waals surface area contributed by atoms with Crippen LogP contribution in [0.2, 0.25) is 0 Å². The predicted octanol–water partition coefficient (Wildman–Crippen LogP) is 0.866. The fourth-order valence-electron chi connectivity index (χ4n) is 2.69. The Hall–Kier alpha value is -2.47. The quantitative estimate of drug-likeness (QED) is 0.771. The minimum Gasteiger partial charge on any atom is -0.475 e. The van der Waals surface area contributed by atoms with Gasteiger partial charge in [-0.25, -0.2) is 14.8 Å². The minimum atomic E-state index is -5.08. The number of halogens is 3. The summed E-state index contributed by atoms with van der Waals surface area (Å²) in [5, 5.41) is 7.12. The standard InChI is InChI=1S/C14H20N4O3.C2HF3O2/c1-11(19)18-6-9-21-10-12(18)14-15-3-2-13(16-14)17-4-7-20-8-5-17;3-2(4,5)1(6)7/h2-3,12H,4-10H2,1H3;(H,6,7). The van der Waals surface area contributed by atoms with Crippen LogP contribution in [0.25, 0.3) is 0 Å². The number of carbonyl (C=O) groups is 2. The van der Waals surface area contributed by atoms with E-state index in [2.05, 4.69) is 14.9 Å². The molecule has 0 radical (unpaired) electrons. The summed E-state index contributed by atoms with van der Waals surface area (Å²) in [5.41, 5.74) is 0. The van der Waals surface area contributed by atoms with Gasteiger partial charge < -0.3 is 24.4 Å². The Balaban J connectivity index is 0.000000345. The van der Waals surface area contributed by atoms with Crippen molar-refractivity contribution in [2.75, 3.05) is 51.0 Å². The summed E-state index contributed by atoms with van der Waals surface area (Å²) in [4.78, 5) is 33.6. The highest BCUT2D eigenvalue weighted by molar-refractivity contribution is 5.74. The number of rotatable bonds is 2. The van der Waals surface area contributed by atoms with Crippen molar-refractivity contribution in [2.24, 2.45) is 0 Å². The highest BCUT2D eigenvalue weighted by Gasteiger charge is 2.38. The van der Waals surface area contributed by atoms with Crippen LogP contribution >= 0.6 is 0 Å². The zero-order valence-electron chi connectivity index (χ0n) is 15.2. The molecule has 2 saturated heterocycles. The first kappa shape index (κ1) is 21.8. The van der Waals surface area contributed by atoms with Crippen LogP contribution in [0.5, 0.6) is 0 Å². The fourth-order valence-corrected chi connectivity index (χ4v) is 2.69. The number of carboxylic acid groups (broad SMARTS) is 1. The second-order valence-corrected chi connectivity index (χ2v) is 5.98. The van der Waals surface area contributed by atoms with Crippen LogP contribution in [0.15, 0.2) is 12.3 Å². The van der Waals surface area contributed by atoms with Gasteiger partial charge in [-0.05, 0) is 6.07 Å². The Morgan fingerprint density at radius 3 is 2.36 bits per heavy atom. The van der Waals surface area contributed by atoms with E-state index in [1.807, 2.05) is 6.07 Å². The number of anilines is 1. The maximum Gasteiger partial charge on any atom is 0.490 e. The molecule has 1 N–H and O–H groups in total. The molecule has 0 saturated carbocycles. The largest absolute Gasteiger partial charge is 0.490 e. The van der Waals surface area contributed by atoms with E-state index in [4.69, 9.17) is 19.4 Å². The molecular formula is C16H21F3N4O5. The zero-order valence-corrected chi connectivity index (χ0v) is 15.2. The van der Waals surface area contributed by atoms with Crippen LogP contribution in [0, 0.1) is 0 Å². The molecule has 2 aliphatic rings. The van der Waals surface area contributed by atoms with E-state index < -0.39 is 12.1 Å². The molecule has 0 aromatic carbocycles. The molecule has 1 amide bonds. The van der Waals surface area contributed by atoms with Crippen molar-refractivity contribution in [2.45, 2.75) is 19.1 Å². The van der Waals surface area contributed by atoms with Crippen LogP contribution in [-0.4, -0.2) is 84.1 Å². The molecule has 0 spiro atoms. The zero-order chi connectivity index (χ0) is 20.7. The van der Waals surface area contributed by atoms with Gasteiger partial charge in [-0.3, -0.25) is 4.79 Å². The highest BCUT2D eigenvalue weighted by Crippen LogP contribution is 2.23. The lowest BCUT2D eigenvalue weighted by Crippen LogP contribution is -2.43. The van der Waals surface area contributed by atoms with Gasteiger partial charge in [-0.1, -0.05) is 0 Å². The van der Waals surface area contributed by atoms with Crippen molar-refractivity contribution in [1.29, 1.82) is 0 Å². The summed E-state index contributed by atoms with van der Waals surface area (Å²) in [6, 6.07) is 1.70. The summed E-state index contributed by atoms with van der Waals surface area (Å²) >= 11 is 0. The van der Waals surface area contributed by atoms with E-state index in [0.29, 0.717) is 38.8 Å². The number of hydrogen-bond donors (Lipinski definition) is 1. The first-order chi connectivity index (χ1) is 13.2. The van der Waals surface area contributed by atoms with Crippen molar-refractivity contribution in [3.05, 3.63) is 18.1 Å². The molecule has 9 nitrogen and oxygen atoms in total. The van der Waals surface area contributed by atoms with Crippen molar-refractivity contribution in [3.63, 3.8) is 0 Å². The summed E-state index contributed by atoms with van der Waals surface area (Å²) in [6.45, 7) is 6.26. The summed E-state index contributed by atoms with van der Waals surface area (Å²) in [7, 11) is 0. The van der Waals surface area contributed by atoms with Gasteiger partial charge in [0.05, 0.1) is 26.4 Å². The lowest BCUT2D eigenvalue weighted by Gasteiger charge is -2.34. The normalized spacial score (nSPS) is 20.2. The Labute approximate surface area is 159 Å². The molecule has 3 heterocycles. The van der Waals surface area contributed by atoms with Gasteiger partial charge in [0.2, 0.25) is 5.91 Å². The van der Waals surface area contributed by atoms with Crippen LogP contribution < -0.4 is 4.90 Å². The van der Waals surface area contributed by atoms with Gasteiger partial charge in [-0.2, -0.15) is 13.2 Å². The molecule has 1 aromatic heterocycles. The molecule has 1 atom stereocenters. The third-order valence-electron chi connectivity index (χ3n) is 4.07. The van der Waals surface area contributed by atoms with Crippen molar-refractivity contribution in [3.8, 4) is 0 Å². The van der Waals surface area contributed by atoms with Crippen LogP contribution in [-0.2, 0) is 19.1 Å². The molecule has 3 rings (SSSR count). The molecule has 2 aliphatic heterocycles. The van der Waals surface area contributed by atoms with Gasteiger partial charge >= 0.3 is 12.1 Å². The average molecular weight is 406 g/mol. The number of carboxylic acids is 1. The second-order valence-electron chi connectivity index (χ2n) is 5.98. The fraction of sp³-hybridized carbons (Fsp3) is 0.625.